The Balaban J connectivity index is 0.000000198. The summed E-state index contributed by atoms with van der Waals surface area (Å²) in [4.78, 5) is 0. The SMILES string of the molecule is CC.CC1=CC=CC(c2ccc(C)cc2)N1.Cc1ccc(C2=CNC(c3ccc(C)cc3)C=C2)cc1. The zero-order chi connectivity index (χ0) is 25.9. The van der Waals surface area contributed by atoms with Gasteiger partial charge in [-0.3, -0.25) is 0 Å². The van der Waals surface area contributed by atoms with Gasteiger partial charge in [-0.25, -0.2) is 0 Å². The molecule has 5 rings (SSSR count). The quantitative estimate of drug-likeness (QED) is 0.395. The van der Waals surface area contributed by atoms with Crippen LogP contribution < -0.4 is 10.6 Å². The van der Waals surface area contributed by atoms with Crippen molar-refractivity contribution in [3.05, 3.63) is 148 Å². The van der Waals surface area contributed by atoms with Crippen LogP contribution in [0, 0.1) is 20.8 Å². The number of rotatable bonds is 3. The standard InChI is InChI=1S/C19H19N.C13H15N.C2H6/c1-14-3-7-16(8-4-14)18-11-12-19(20-13-18)17-9-5-15(2)6-10-17;1-10-6-8-12(9-7-10)13-5-3-4-11(2)14-13;1-2/h3-13,19-20H,1-2H3;3-9,13-14H,1-2H3;1-2H3. The highest BCUT2D eigenvalue weighted by molar-refractivity contribution is 5.75. The van der Waals surface area contributed by atoms with Crippen LogP contribution in [0.3, 0.4) is 0 Å². The number of benzene rings is 3. The monoisotopic (exact) mass is 476 g/mol. The maximum Gasteiger partial charge on any atom is 0.0697 e. The second-order valence-corrected chi connectivity index (χ2v) is 9.15. The fourth-order valence-corrected chi connectivity index (χ4v) is 4.01. The normalized spacial score (nSPS) is 17.7. The fourth-order valence-electron chi connectivity index (χ4n) is 4.01. The van der Waals surface area contributed by atoms with Gasteiger partial charge in [-0.05, 0) is 56.0 Å². The van der Waals surface area contributed by atoms with Crippen LogP contribution in [0.2, 0.25) is 0 Å². The van der Waals surface area contributed by atoms with Gasteiger partial charge in [0.05, 0.1) is 12.1 Å². The maximum atomic E-state index is 3.47. The van der Waals surface area contributed by atoms with Gasteiger partial charge >= 0.3 is 0 Å². The lowest BCUT2D eigenvalue weighted by Gasteiger charge is -2.20. The fraction of sp³-hybridized carbons (Fsp3) is 0.235. The Labute approximate surface area is 218 Å². The molecule has 2 heterocycles. The number of dihydropyridines is 2. The molecule has 2 aliphatic heterocycles. The lowest BCUT2D eigenvalue weighted by molar-refractivity contribution is 0.704. The smallest absolute Gasteiger partial charge is 0.0697 e. The van der Waals surface area contributed by atoms with E-state index in [0.29, 0.717) is 6.04 Å². The van der Waals surface area contributed by atoms with Gasteiger partial charge in [0.2, 0.25) is 0 Å². The molecule has 0 radical (unpaired) electrons. The topological polar surface area (TPSA) is 24.1 Å². The van der Waals surface area contributed by atoms with Crippen LogP contribution in [-0.4, -0.2) is 0 Å². The van der Waals surface area contributed by atoms with E-state index in [9.17, 15) is 0 Å². The average Bonchev–Trinajstić information content (AvgIpc) is 2.92. The molecule has 0 bridgehead atoms. The van der Waals surface area contributed by atoms with E-state index < -0.39 is 0 Å². The third-order valence-corrected chi connectivity index (χ3v) is 6.18. The molecule has 0 spiro atoms. The van der Waals surface area contributed by atoms with Crippen LogP contribution in [0.5, 0.6) is 0 Å². The van der Waals surface area contributed by atoms with E-state index >= 15 is 0 Å². The summed E-state index contributed by atoms with van der Waals surface area (Å²) in [6, 6.07) is 26.6. The summed E-state index contributed by atoms with van der Waals surface area (Å²) < 4.78 is 0. The zero-order valence-electron chi connectivity index (χ0n) is 22.5. The van der Waals surface area contributed by atoms with Crippen molar-refractivity contribution in [1.82, 2.24) is 10.6 Å². The Hall–Kier alpha value is -3.78. The van der Waals surface area contributed by atoms with Gasteiger partial charge in [0.1, 0.15) is 0 Å². The number of allylic oxidation sites excluding steroid dienone is 5. The van der Waals surface area contributed by atoms with E-state index in [1.807, 2.05) is 13.8 Å². The molecule has 36 heavy (non-hydrogen) atoms. The van der Waals surface area contributed by atoms with Crippen molar-refractivity contribution in [3.63, 3.8) is 0 Å². The second-order valence-electron chi connectivity index (χ2n) is 9.15. The Kier molecular flexibility index (Phi) is 9.94. The molecular weight excluding hydrogens is 436 g/mol. The highest BCUT2D eigenvalue weighted by Gasteiger charge is 2.11. The molecular formula is C34H40N2. The summed E-state index contributed by atoms with van der Waals surface area (Å²) in [5, 5.41) is 6.90. The summed E-state index contributed by atoms with van der Waals surface area (Å²) in [5.41, 5.74) is 10.2. The third kappa shape index (κ3) is 7.61. The molecule has 2 N–H and O–H groups in total. The van der Waals surface area contributed by atoms with Gasteiger partial charge in [-0.1, -0.05) is 128 Å². The first kappa shape index (κ1) is 26.8. The van der Waals surface area contributed by atoms with Gasteiger partial charge < -0.3 is 10.6 Å². The van der Waals surface area contributed by atoms with Crippen molar-refractivity contribution in [2.45, 2.75) is 53.6 Å². The summed E-state index contributed by atoms with van der Waals surface area (Å²) in [7, 11) is 0. The summed E-state index contributed by atoms with van der Waals surface area (Å²) in [6.45, 7) is 12.4. The first-order chi connectivity index (χ1) is 17.5. The molecule has 2 heteroatoms. The molecule has 0 aliphatic carbocycles. The van der Waals surface area contributed by atoms with Crippen LogP contribution in [-0.2, 0) is 0 Å². The Bertz CT molecular complexity index is 1210. The molecule has 0 saturated heterocycles. The lowest BCUT2D eigenvalue weighted by Crippen LogP contribution is -2.19. The summed E-state index contributed by atoms with van der Waals surface area (Å²) in [6.07, 6.45) is 12.9. The first-order valence-corrected chi connectivity index (χ1v) is 12.9. The van der Waals surface area contributed by atoms with Crippen molar-refractivity contribution >= 4 is 5.57 Å². The lowest BCUT2D eigenvalue weighted by atomic mass is 9.98. The van der Waals surface area contributed by atoms with E-state index in [4.69, 9.17) is 0 Å². The zero-order valence-corrected chi connectivity index (χ0v) is 22.5. The minimum Gasteiger partial charge on any atom is -0.380 e. The van der Waals surface area contributed by atoms with Crippen LogP contribution in [0.4, 0.5) is 0 Å². The second kappa shape index (κ2) is 13.3. The van der Waals surface area contributed by atoms with Crippen LogP contribution in [0.15, 0.2) is 115 Å². The van der Waals surface area contributed by atoms with Gasteiger partial charge in [-0.15, -0.1) is 0 Å². The van der Waals surface area contributed by atoms with Crippen molar-refractivity contribution in [2.75, 3.05) is 0 Å². The molecule has 0 fully saturated rings. The number of hydrogen-bond acceptors (Lipinski definition) is 2. The third-order valence-electron chi connectivity index (χ3n) is 6.18. The van der Waals surface area contributed by atoms with Gasteiger partial charge in [0.25, 0.3) is 0 Å². The number of aryl methyl sites for hydroxylation is 3. The molecule has 3 aromatic rings. The predicted molar refractivity (Wildman–Crippen MR) is 157 cm³/mol. The van der Waals surface area contributed by atoms with Crippen molar-refractivity contribution in [2.24, 2.45) is 0 Å². The first-order valence-electron chi connectivity index (χ1n) is 12.9. The van der Waals surface area contributed by atoms with Gasteiger partial charge in [0.15, 0.2) is 0 Å². The van der Waals surface area contributed by atoms with Crippen LogP contribution in [0.25, 0.3) is 5.57 Å². The van der Waals surface area contributed by atoms with Crippen molar-refractivity contribution < 1.29 is 0 Å². The number of hydrogen-bond donors (Lipinski definition) is 2. The Morgan fingerprint density at radius 2 is 1.08 bits per heavy atom. The molecule has 0 amide bonds. The van der Waals surface area contributed by atoms with E-state index in [1.54, 1.807) is 0 Å². The highest BCUT2D eigenvalue weighted by atomic mass is 14.9. The Morgan fingerprint density at radius 3 is 1.56 bits per heavy atom. The van der Waals surface area contributed by atoms with Crippen LogP contribution >= 0.6 is 0 Å². The van der Waals surface area contributed by atoms with Crippen molar-refractivity contribution in [1.29, 1.82) is 0 Å². The van der Waals surface area contributed by atoms with E-state index in [1.165, 1.54) is 44.7 Å². The molecule has 186 valence electrons. The van der Waals surface area contributed by atoms with Gasteiger partial charge in [0, 0.05) is 11.9 Å². The van der Waals surface area contributed by atoms with E-state index in [2.05, 4.69) is 148 Å². The number of nitrogens with one attached hydrogen (secondary N) is 2. The minimum absolute atomic E-state index is 0.268. The van der Waals surface area contributed by atoms with Crippen molar-refractivity contribution in [3.8, 4) is 0 Å². The molecule has 2 nitrogen and oxygen atoms in total. The minimum atomic E-state index is 0.268. The van der Waals surface area contributed by atoms with E-state index in [-0.39, 0.29) is 6.04 Å². The predicted octanol–water partition coefficient (Wildman–Crippen LogP) is 8.67. The van der Waals surface area contributed by atoms with Gasteiger partial charge in [-0.2, -0.15) is 0 Å². The Morgan fingerprint density at radius 1 is 0.583 bits per heavy atom. The maximum absolute atomic E-state index is 3.47. The largest absolute Gasteiger partial charge is 0.380 e. The summed E-state index contributed by atoms with van der Waals surface area (Å²) >= 11 is 0. The highest BCUT2D eigenvalue weighted by Crippen LogP contribution is 2.24. The molecule has 2 aliphatic rings. The van der Waals surface area contributed by atoms with Crippen LogP contribution in [0.1, 0.15) is 66.2 Å². The molecule has 2 unspecified atom stereocenters. The summed E-state index contributed by atoms with van der Waals surface area (Å²) in [5.74, 6) is 0. The molecule has 2 atom stereocenters. The molecule has 3 aromatic carbocycles. The molecule has 0 aromatic heterocycles. The van der Waals surface area contributed by atoms with E-state index in [0.717, 1.165) is 0 Å². The average molecular weight is 477 g/mol. The molecule has 0 saturated carbocycles.